The number of nitrogens with zero attached hydrogens (tertiary/aromatic N) is 3. The van der Waals surface area contributed by atoms with Crippen LogP contribution in [0.25, 0.3) is 16.5 Å². The first kappa shape index (κ1) is 26.3. The monoisotopic (exact) mass is 546 g/mol. The normalized spacial score (nSPS) is 15.4. The predicted octanol–water partition coefficient (Wildman–Crippen LogP) is 5.36. The van der Waals surface area contributed by atoms with E-state index in [4.69, 9.17) is 5.10 Å². The van der Waals surface area contributed by atoms with Crippen molar-refractivity contribution in [2.24, 2.45) is 0 Å². The van der Waals surface area contributed by atoms with Gasteiger partial charge in [0.25, 0.3) is 10.0 Å². The van der Waals surface area contributed by atoms with E-state index in [-0.39, 0.29) is 16.9 Å². The van der Waals surface area contributed by atoms with Crippen molar-refractivity contribution >= 4 is 38.3 Å². The summed E-state index contributed by atoms with van der Waals surface area (Å²) in [5.74, 6) is 0.0635. The lowest BCUT2D eigenvalue weighted by molar-refractivity contribution is 0.262. The van der Waals surface area contributed by atoms with Crippen LogP contribution in [-0.2, 0) is 22.0 Å². The average molecular weight is 547 g/mol. The van der Waals surface area contributed by atoms with Gasteiger partial charge in [-0.15, -0.1) is 4.41 Å². The highest BCUT2D eigenvalue weighted by Crippen LogP contribution is 2.29. The SMILES string of the molecule is CC1=C(O)NN(Cc2cccc(-n3nc(C(C)(C)C)cc3NC(=O)Nc3cccc4ccccc34)c2)S1(=O)=O. The Morgan fingerprint density at radius 3 is 2.44 bits per heavy atom. The minimum atomic E-state index is -3.81. The highest BCUT2D eigenvalue weighted by Gasteiger charge is 2.34. The van der Waals surface area contributed by atoms with Crippen LogP contribution >= 0.6 is 0 Å². The molecule has 2 heterocycles. The summed E-state index contributed by atoms with van der Waals surface area (Å²) in [5, 5.41) is 22.4. The molecule has 0 unspecified atom stereocenters. The third kappa shape index (κ3) is 5.18. The zero-order valence-corrected chi connectivity index (χ0v) is 22.9. The highest BCUT2D eigenvalue weighted by molar-refractivity contribution is 7.93. The van der Waals surface area contributed by atoms with Gasteiger partial charge in [0.1, 0.15) is 10.7 Å². The fourth-order valence-corrected chi connectivity index (χ4v) is 5.41. The Labute approximate surface area is 227 Å². The molecule has 5 rings (SSSR count). The molecule has 0 spiro atoms. The van der Waals surface area contributed by atoms with Crippen LogP contribution in [0, 0.1) is 0 Å². The predicted molar refractivity (Wildman–Crippen MR) is 152 cm³/mol. The van der Waals surface area contributed by atoms with Crippen LogP contribution in [0.2, 0.25) is 0 Å². The van der Waals surface area contributed by atoms with Crippen molar-refractivity contribution < 1.29 is 18.3 Å². The van der Waals surface area contributed by atoms with E-state index in [9.17, 15) is 18.3 Å². The average Bonchev–Trinajstić information content (AvgIpc) is 3.39. The maximum absolute atomic E-state index is 13.1. The number of allylic oxidation sites excluding steroid dienone is 1. The molecule has 202 valence electrons. The van der Waals surface area contributed by atoms with Gasteiger partial charge in [0.15, 0.2) is 0 Å². The number of aliphatic hydroxyl groups excluding tert-OH is 1. The number of anilines is 2. The molecule has 3 aromatic carbocycles. The van der Waals surface area contributed by atoms with Gasteiger partial charge in [0, 0.05) is 16.9 Å². The zero-order valence-electron chi connectivity index (χ0n) is 22.1. The van der Waals surface area contributed by atoms with Crippen LogP contribution in [-0.4, -0.2) is 33.8 Å². The van der Waals surface area contributed by atoms with Gasteiger partial charge in [-0.05, 0) is 36.1 Å². The molecule has 11 heteroatoms. The standard InChI is InChI=1S/C28H30N6O4S/c1-18-26(35)32-33(39(18,37)38)17-19-9-7-12-21(15-19)34-25(16-24(31-34)28(2,3)4)30-27(36)29-23-14-8-11-20-10-5-6-13-22(20)23/h5-16,32,35H,17H2,1-4H3,(H2,29,30,36). The van der Waals surface area contributed by atoms with Gasteiger partial charge in [-0.25, -0.2) is 17.9 Å². The number of amides is 2. The van der Waals surface area contributed by atoms with E-state index in [1.807, 2.05) is 75.4 Å². The molecule has 0 saturated carbocycles. The number of rotatable bonds is 5. The molecule has 0 saturated heterocycles. The molecule has 4 aromatic rings. The van der Waals surface area contributed by atoms with E-state index >= 15 is 0 Å². The second-order valence-electron chi connectivity index (χ2n) is 10.4. The summed E-state index contributed by atoms with van der Waals surface area (Å²) >= 11 is 0. The van der Waals surface area contributed by atoms with Gasteiger partial charge in [0.2, 0.25) is 5.88 Å². The number of hydrogen-bond donors (Lipinski definition) is 4. The lowest BCUT2D eigenvalue weighted by atomic mass is 9.92. The van der Waals surface area contributed by atoms with E-state index in [2.05, 4.69) is 16.1 Å². The van der Waals surface area contributed by atoms with Crippen molar-refractivity contribution in [3.8, 4) is 5.69 Å². The summed E-state index contributed by atoms with van der Waals surface area (Å²) in [5.41, 5.74) is 4.94. The number of hydrazine groups is 1. The van der Waals surface area contributed by atoms with Crippen LogP contribution < -0.4 is 16.1 Å². The van der Waals surface area contributed by atoms with Gasteiger partial charge >= 0.3 is 6.03 Å². The first-order valence-corrected chi connectivity index (χ1v) is 13.8. The highest BCUT2D eigenvalue weighted by atomic mass is 32.2. The minimum Gasteiger partial charge on any atom is -0.493 e. The Morgan fingerprint density at radius 2 is 1.72 bits per heavy atom. The number of benzene rings is 3. The van der Waals surface area contributed by atoms with Gasteiger partial charge in [-0.1, -0.05) is 69.3 Å². The summed E-state index contributed by atoms with van der Waals surface area (Å²) in [6, 6.07) is 22.1. The molecule has 2 amide bonds. The van der Waals surface area contributed by atoms with Crippen LogP contribution in [0.15, 0.2) is 83.6 Å². The second-order valence-corrected chi connectivity index (χ2v) is 12.4. The smallest absolute Gasteiger partial charge is 0.324 e. The first-order chi connectivity index (χ1) is 18.4. The number of sulfonamides is 1. The molecule has 0 aliphatic carbocycles. The fourth-order valence-electron chi connectivity index (χ4n) is 4.26. The van der Waals surface area contributed by atoms with Crippen LogP contribution in [0.1, 0.15) is 39.0 Å². The number of aromatic nitrogens is 2. The molecular formula is C28H30N6O4S. The van der Waals surface area contributed by atoms with Gasteiger partial charge in [-0.3, -0.25) is 10.7 Å². The number of hydrogen-bond acceptors (Lipinski definition) is 6. The summed E-state index contributed by atoms with van der Waals surface area (Å²) < 4.78 is 27.7. The molecule has 0 atom stereocenters. The molecule has 10 nitrogen and oxygen atoms in total. The minimum absolute atomic E-state index is 0.0186. The topological polar surface area (TPSA) is 129 Å². The maximum Gasteiger partial charge on any atom is 0.324 e. The molecule has 1 aliphatic rings. The number of aliphatic hydroxyl groups is 1. The van der Waals surface area contributed by atoms with Crippen molar-refractivity contribution in [1.29, 1.82) is 0 Å². The van der Waals surface area contributed by atoms with Crippen molar-refractivity contribution in [2.45, 2.75) is 39.7 Å². The van der Waals surface area contributed by atoms with E-state index in [0.717, 1.165) is 20.9 Å². The molecular weight excluding hydrogens is 516 g/mol. The molecule has 0 bridgehead atoms. The van der Waals surface area contributed by atoms with Crippen molar-refractivity contribution in [3.05, 3.63) is 94.8 Å². The largest absolute Gasteiger partial charge is 0.493 e. The third-order valence-corrected chi connectivity index (χ3v) is 8.25. The maximum atomic E-state index is 13.1. The summed E-state index contributed by atoms with van der Waals surface area (Å²) in [6.45, 7) is 7.41. The Bertz CT molecular complexity index is 1710. The molecule has 0 radical (unpaired) electrons. The zero-order chi connectivity index (χ0) is 27.9. The third-order valence-electron chi connectivity index (χ3n) is 6.48. The summed E-state index contributed by atoms with van der Waals surface area (Å²) in [6.07, 6.45) is 0. The summed E-state index contributed by atoms with van der Waals surface area (Å²) in [4.78, 5) is 13.0. The van der Waals surface area contributed by atoms with Crippen LogP contribution in [0.3, 0.4) is 0 Å². The quantitative estimate of drug-likeness (QED) is 0.267. The number of carbonyl (C=O) groups is 1. The summed E-state index contributed by atoms with van der Waals surface area (Å²) in [7, 11) is -3.81. The van der Waals surface area contributed by atoms with Gasteiger partial charge in [-0.2, -0.15) is 5.10 Å². The molecule has 4 N–H and O–H groups in total. The number of fused-ring (bicyclic) bond motifs is 1. The van der Waals surface area contributed by atoms with Crippen molar-refractivity contribution in [3.63, 3.8) is 0 Å². The van der Waals surface area contributed by atoms with E-state index in [0.29, 0.717) is 22.8 Å². The van der Waals surface area contributed by atoms with Crippen molar-refractivity contribution in [2.75, 3.05) is 10.6 Å². The Balaban J connectivity index is 1.44. The van der Waals surface area contributed by atoms with E-state index in [1.54, 1.807) is 22.9 Å². The number of urea groups is 1. The lowest BCUT2D eigenvalue weighted by Gasteiger charge is -2.17. The fraction of sp³-hybridized carbons (Fsp3) is 0.214. The molecule has 0 fully saturated rings. The van der Waals surface area contributed by atoms with Crippen LogP contribution in [0.5, 0.6) is 0 Å². The van der Waals surface area contributed by atoms with Crippen molar-refractivity contribution in [1.82, 2.24) is 19.6 Å². The number of nitrogens with one attached hydrogen (secondary N) is 3. The van der Waals surface area contributed by atoms with Gasteiger partial charge < -0.3 is 10.4 Å². The van der Waals surface area contributed by atoms with E-state index in [1.165, 1.54) is 6.92 Å². The number of carbonyl (C=O) groups excluding carboxylic acids is 1. The van der Waals surface area contributed by atoms with E-state index < -0.39 is 21.9 Å². The molecule has 1 aliphatic heterocycles. The Hall–Kier alpha value is -4.35. The molecule has 39 heavy (non-hydrogen) atoms. The lowest BCUT2D eigenvalue weighted by Crippen LogP contribution is -2.35. The second kappa shape index (κ2) is 9.75. The Morgan fingerprint density at radius 1 is 1.00 bits per heavy atom. The Kier molecular flexibility index (Phi) is 6.57. The first-order valence-electron chi connectivity index (χ1n) is 12.4. The van der Waals surface area contributed by atoms with Gasteiger partial charge in [0.05, 0.1) is 23.6 Å². The molecule has 1 aromatic heterocycles. The van der Waals surface area contributed by atoms with Crippen LogP contribution in [0.4, 0.5) is 16.3 Å².